The molecular weight excluding hydrogens is 272 g/mol. The second-order valence-corrected chi connectivity index (χ2v) is 4.83. The van der Waals surface area contributed by atoms with Crippen LogP contribution in [0.5, 0.6) is 0 Å². The number of aromatic nitrogens is 1. The lowest BCUT2D eigenvalue weighted by Crippen LogP contribution is -2.44. The van der Waals surface area contributed by atoms with Crippen LogP contribution >= 0.6 is 0 Å². The van der Waals surface area contributed by atoms with Crippen LogP contribution in [-0.4, -0.2) is 34.4 Å². The largest absolute Gasteiger partial charge is 0.361 e. The quantitative estimate of drug-likeness (QED) is 0.721. The Bertz CT molecular complexity index is 722. The second-order valence-electron chi connectivity index (χ2n) is 4.83. The standard InChI is InChI=1S/C14H14N4O3/c19-12(17-18-8-13(20)16-14(18)21)6-5-9-7-15-11-4-2-1-3-10(9)11/h1-4,7,15H,5-6,8H2,(H,17,19)(H,16,20,21). The number of hydrogen-bond donors (Lipinski definition) is 3. The molecule has 4 amide bonds. The third kappa shape index (κ3) is 2.71. The SMILES string of the molecule is O=C1CN(NC(=O)CCc2c[nH]c3ccccc23)C(=O)N1. The van der Waals surface area contributed by atoms with Gasteiger partial charge in [-0.25, -0.2) is 9.80 Å². The molecule has 7 heteroatoms. The maximum absolute atomic E-state index is 11.8. The van der Waals surface area contributed by atoms with E-state index in [1.807, 2.05) is 30.5 Å². The zero-order valence-corrected chi connectivity index (χ0v) is 11.2. The summed E-state index contributed by atoms with van der Waals surface area (Å²) >= 11 is 0. The molecule has 0 aliphatic carbocycles. The predicted molar refractivity (Wildman–Crippen MR) is 75.0 cm³/mol. The molecule has 0 bridgehead atoms. The topological polar surface area (TPSA) is 94.3 Å². The number of carbonyl (C=O) groups is 3. The number of carbonyl (C=O) groups excluding carboxylic acids is 3. The van der Waals surface area contributed by atoms with E-state index in [4.69, 9.17) is 0 Å². The molecule has 0 unspecified atom stereocenters. The molecule has 1 aromatic heterocycles. The molecule has 1 aromatic carbocycles. The Morgan fingerprint density at radius 2 is 2.10 bits per heavy atom. The van der Waals surface area contributed by atoms with E-state index in [2.05, 4.69) is 15.7 Å². The van der Waals surface area contributed by atoms with Crippen LogP contribution in [0.1, 0.15) is 12.0 Å². The lowest BCUT2D eigenvalue weighted by molar-refractivity contribution is -0.125. The van der Waals surface area contributed by atoms with Crippen molar-refractivity contribution >= 4 is 28.7 Å². The highest BCUT2D eigenvalue weighted by Crippen LogP contribution is 2.18. The Balaban J connectivity index is 1.59. The van der Waals surface area contributed by atoms with E-state index in [1.165, 1.54) is 0 Å². The summed E-state index contributed by atoms with van der Waals surface area (Å²) in [5.74, 6) is -0.720. The van der Waals surface area contributed by atoms with Gasteiger partial charge in [0, 0.05) is 23.5 Å². The first-order chi connectivity index (χ1) is 10.1. The van der Waals surface area contributed by atoms with Gasteiger partial charge in [-0.05, 0) is 18.1 Å². The molecule has 0 saturated carbocycles. The van der Waals surface area contributed by atoms with E-state index in [9.17, 15) is 14.4 Å². The van der Waals surface area contributed by atoms with Crippen LogP contribution in [0, 0.1) is 0 Å². The molecule has 1 fully saturated rings. The van der Waals surface area contributed by atoms with Crippen molar-refractivity contribution in [2.45, 2.75) is 12.8 Å². The van der Waals surface area contributed by atoms with Gasteiger partial charge in [0.2, 0.25) is 11.8 Å². The number of benzene rings is 1. The summed E-state index contributed by atoms with van der Waals surface area (Å²) in [6.07, 6.45) is 2.67. The minimum Gasteiger partial charge on any atom is -0.361 e. The predicted octanol–water partition coefficient (Wildman–Crippen LogP) is 0.683. The number of aromatic amines is 1. The number of fused-ring (bicyclic) bond motifs is 1. The van der Waals surface area contributed by atoms with Gasteiger partial charge in [-0.1, -0.05) is 18.2 Å². The zero-order valence-electron chi connectivity index (χ0n) is 11.2. The van der Waals surface area contributed by atoms with E-state index in [-0.39, 0.29) is 18.9 Å². The van der Waals surface area contributed by atoms with Crippen LogP contribution < -0.4 is 10.7 Å². The summed E-state index contributed by atoms with van der Waals surface area (Å²) in [5, 5.41) is 4.16. The summed E-state index contributed by atoms with van der Waals surface area (Å²) in [6.45, 7) is -0.141. The summed E-state index contributed by atoms with van der Waals surface area (Å²) in [6, 6.07) is 7.25. The van der Waals surface area contributed by atoms with E-state index in [0.29, 0.717) is 6.42 Å². The van der Waals surface area contributed by atoms with Crippen LogP contribution in [0.2, 0.25) is 0 Å². The summed E-state index contributed by atoms with van der Waals surface area (Å²) in [5.41, 5.74) is 4.49. The van der Waals surface area contributed by atoms with Gasteiger partial charge in [0.25, 0.3) is 0 Å². The summed E-state index contributed by atoms with van der Waals surface area (Å²) < 4.78 is 0. The van der Waals surface area contributed by atoms with Gasteiger partial charge in [-0.15, -0.1) is 0 Å². The number of H-pyrrole nitrogens is 1. The molecule has 0 atom stereocenters. The van der Waals surface area contributed by atoms with Gasteiger partial charge in [0.05, 0.1) is 0 Å². The van der Waals surface area contributed by atoms with Crippen molar-refractivity contribution in [1.29, 1.82) is 0 Å². The molecule has 2 heterocycles. The molecule has 1 aliphatic heterocycles. The van der Waals surface area contributed by atoms with Crippen molar-refractivity contribution in [3.8, 4) is 0 Å². The Labute approximate surface area is 120 Å². The number of para-hydroxylation sites is 1. The molecule has 7 nitrogen and oxygen atoms in total. The van der Waals surface area contributed by atoms with Crippen molar-refractivity contribution in [2.75, 3.05) is 6.54 Å². The number of hydrazine groups is 1. The molecule has 3 N–H and O–H groups in total. The summed E-state index contributed by atoms with van der Waals surface area (Å²) in [4.78, 5) is 37.3. The summed E-state index contributed by atoms with van der Waals surface area (Å²) in [7, 11) is 0. The van der Waals surface area contributed by atoms with Crippen molar-refractivity contribution in [3.05, 3.63) is 36.0 Å². The number of aryl methyl sites for hydroxylation is 1. The highest BCUT2D eigenvalue weighted by atomic mass is 16.2. The van der Waals surface area contributed by atoms with E-state index in [0.717, 1.165) is 21.5 Å². The normalized spacial score (nSPS) is 14.6. The van der Waals surface area contributed by atoms with Crippen LogP contribution in [0.3, 0.4) is 0 Å². The minimum absolute atomic E-state index is 0.141. The minimum atomic E-state index is -0.597. The first-order valence-corrected chi connectivity index (χ1v) is 6.59. The van der Waals surface area contributed by atoms with Gasteiger partial charge in [0.15, 0.2) is 0 Å². The molecule has 0 spiro atoms. The lowest BCUT2D eigenvalue weighted by atomic mass is 10.1. The maximum atomic E-state index is 11.8. The van der Waals surface area contributed by atoms with Gasteiger partial charge in [-0.3, -0.25) is 20.3 Å². The Morgan fingerprint density at radius 1 is 1.29 bits per heavy atom. The second kappa shape index (κ2) is 5.28. The highest BCUT2D eigenvalue weighted by Gasteiger charge is 2.27. The smallest absolute Gasteiger partial charge is 0.343 e. The molecule has 3 rings (SSSR count). The Kier molecular flexibility index (Phi) is 3.31. The third-order valence-electron chi connectivity index (χ3n) is 3.35. The molecule has 21 heavy (non-hydrogen) atoms. The molecule has 2 aromatic rings. The van der Waals surface area contributed by atoms with Gasteiger partial charge < -0.3 is 4.98 Å². The molecular formula is C14H14N4O3. The Hall–Kier alpha value is -2.83. The fourth-order valence-electron chi connectivity index (χ4n) is 2.33. The molecule has 108 valence electrons. The number of nitrogens with one attached hydrogen (secondary N) is 3. The fourth-order valence-corrected chi connectivity index (χ4v) is 2.33. The molecule has 1 aliphatic rings. The van der Waals surface area contributed by atoms with Crippen LogP contribution in [0.4, 0.5) is 4.79 Å². The van der Waals surface area contributed by atoms with Crippen molar-refractivity contribution in [2.24, 2.45) is 0 Å². The van der Waals surface area contributed by atoms with Gasteiger partial charge >= 0.3 is 6.03 Å². The van der Waals surface area contributed by atoms with Crippen LogP contribution in [-0.2, 0) is 16.0 Å². The zero-order chi connectivity index (χ0) is 14.8. The average Bonchev–Trinajstić information content (AvgIpc) is 3.00. The van der Waals surface area contributed by atoms with E-state index in [1.54, 1.807) is 0 Å². The van der Waals surface area contributed by atoms with E-state index >= 15 is 0 Å². The maximum Gasteiger partial charge on any atom is 0.343 e. The first-order valence-electron chi connectivity index (χ1n) is 6.59. The molecule has 1 saturated heterocycles. The number of urea groups is 1. The number of nitrogens with zero attached hydrogens (tertiary/aromatic N) is 1. The number of imide groups is 1. The lowest BCUT2D eigenvalue weighted by Gasteiger charge is -2.14. The van der Waals surface area contributed by atoms with Crippen LogP contribution in [0.25, 0.3) is 10.9 Å². The van der Waals surface area contributed by atoms with E-state index < -0.39 is 11.9 Å². The van der Waals surface area contributed by atoms with Gasteiger partial charge in [0.1, 0.15) is 6.54 Å². The van der Waals surface area contributed by atoms with Gasteiger partial charge in [-0.2, -0.15) is 0 Å². The van der Waals surface area contributed by atoms with Crippen molar-refractivity contribution in [1.82, 2.24) is 20.7 Å². The first kappa shape index (κ1) is 13.2. The third-order valence-corrected chi connectivity index (χ3v) is 3.35. The molecule has 0 radical (unpaired) electrons. The number of hydrogen-bond acceptors (Lipinski definition) is 3. The van der Waals surface area contributed by atoms with Crippen molar-refractivity contribution in [3.63, 3.8) is 0 Å². The monoisotopic (exact) mass is 286 g/mol. The Morgan fingerprint density at radius 3 is 2.86 bits per heavy atom. The fraction of sp³-hybridized carbons (Fsp3) is 0.214. The number of amides is 4. The number of rotatable bonds is 4. The van der Waals surface area contributed by atoms with Crippen LogP contribution in [0.15, 0.2) is 30.5 Å². The van der Waals surface area contributed by atoms with Crippen molar-refractivity contribution < 1.29 is 14.4 Å². The average molecular weight is 286 g/mol. The highest BCUT2D eigenvalue weighted by molar-refractivity contribution is 6.02.